The number of sulfonamides is 1. The van der Waals surface area contributed by atoms with Crippen molar-refractivity contribution in [3.05, 3.63) is 16.3 Å². The molecule has 1 N–H and O–H groups in total. The zero-order valence-electron chi connectivity index (χ0n) is 11.0. The smallest absolute Gasteiger partial charge is 0.243 e. The Balaban J connectivity index is 2.75. The van der Waals surface area contributed by atoms with Gasteiger partial charge in [0.1, 0.15) is 0 Å². The molecule has 1 aromatic heterocycles. The van der Waals surface area contributed by atoms with Crippen LogP contribution in [0.15, 0.2) is 16.3 Å². The van der Waals surface area contributed by atoms with E-state index in [-0.39, 0.29) is 0 Å². The zero-order valence-corrected chi connectivity index (χ0v) is 13.4. The molecule has 18 heavy (non-hydrogen) atoms. The number of nitrogens with zero attached hydrogens (tertiary/aromatic N) is 1. The van der Waals surface area contributed by atoms with Crippen molar-refractivity contribution in [3.63, 3.8) is 0 Å². The predicted octanol–water partition coefficient (Wildman–Crippen LogP) is 1.84. The van der Waals surface area contributed by atoms with Gasteiger partial charge in [-0.25, -0.2) is 12.7 Å². The van der Waals surface area contributed by atoms with E-state index in [0.717, 1.165) is 23.7 Å². The van der Waals surface area contributed by atoms with Crippen molar-refractivity contribution >= 4 is 33.1 Å². The molecular weight excluding hydrogens is 288 g/mol. The summed E-state index contributed by atoms with van der Waals surface area (Å²) in [5, 5.41) is 4.91. The minimum Gasteiger partial charge on any atom is -0.312 e. The lowest BCUT2D eigenvalue weighted by atomic mass is 10.4. The van der Waals surface area contributed by atoms with Crippen LogP contribution in [0, 0.1) is 0 Å². The Labute approximate surface area is 118 Å². The summed E-state index contributed by atoms with van der Waals surface area (Å²) in [6.45, 7) is 4.18. The highest BCUT2D eigenvalue weighted by Gasteiger charge is 2.21. The summed E-state index contributed by atoms with van der Waals surface area (Å²) < 4.78 is 25.9. The highest BCUT2D eigenvalue weighted by atomic mass is 32.2. The quantitative estimate of drug-likeness (QED) is 0.796. The molecule has 0 bridgehead atoms. The van der Waals surface area contributed by atoms with Crippen LogP contribution in [0.4, 0.5) is 0 Å². The third-order valence-corrected chi connectivity index (χ3v) is 6.01. The highest BCUT2D eigenvalue weighted by molar-refractivity contribution is 7.98. The van der Waals surface area contributed by atoms with Gasteiger partial charge in [-0.15, -0.1) is 11.3 Å². The molecule has 0 radical (unpaired) electrons. The van der Waals surface area contributed by atoms with E-state index in [0.29, 0.717) is 11.4 Å². The normalized spacial score (nSPS) is 12.2. The standard InChI is InChI=1S/C11H20N2O2S3/c1-4-12-8-10-7-11(9-17-10)18(14,15)13(2)5-6-16-3/h7,9,12H,4-6,8H2,1-3H3. The van der Waals surface area contributed by atoms with Crippen LogP contribution in [0.1, 0.15) is 11.8 Å². The van der Waals surface area contributed by atoms with Crippen molar-refractivity contribution in [1.29, 1.82) is 0 Å². The number of rotatable bonds is 8. The molecule has 0 aliphatic rings. The minimum atomic E-state index is -3.31. The molecule has 0 unspecified atom stereocenters. The van der Waals surface area contributed by atoms with E-state index in [1.54, 1.807) is 30.3 Å². The number of nitrogens with one attached hydrogen (secondary N) is 1. The Kier molecular flexibility index (Phi) is 6.65. The zero-order chi connectivity index (χ0) is 13.6. The molecule has 1 rings (SSSR count). The second kappa shape index (κ2) is 7.49. The average Bonchev–Trinajstić information content (AvgIpc) is 2.82. The summed E-state index contributed by atoms with van der Waals surface area (Å²) in [6, 6.07) is 1.76. The summed E-state index contributed by atoms with van der Waals surface area (Å²) in [7, 11) is -1.68. The third kappa shape index (κ3) is 4.24. The fraction of sp³-hybridized carbons (Fsp3) is 0.636. The van der Waals surface area contributed by atoms with Crippen molar-refractivity contribution in [2.45, 2.75) is 18.4 Å². The molecule has 1 heterocycles. The van der Waals surface area contributed by atoms with Gasteiger partial charge in [0.05, 0.1) is 4.90 Å². The summed E-state index contributed by atoms with van der Waals surface area (Å²) in [4.78, 5) is 1.46. The topological polar surface area (TPSA) is 49.4 Å². The van der Waals surface area contributed by atoms with Crippen LogP contribution in [0.2, 0.25) is 0 Å². The summed E-state index contributed by atoms with van der Waals surface area (Å²) in [5.41, 5.74) is 0. The Morgan fingerprint density at radius 1 is 1.50 bits per heavy atom. The molecule has 4 nitrogen and oxygen atoms in total. The van der Waals surface area contributed by atoms with Crippen molar-refractivity contribution in [1.82, 2.24) is 9.62 Å². The van der Waals surface area contributed by atoms with E-state index in [1.165, 1.54) is 15.6 Å². The maximum Gasteiger partial charge on any atom is 0.243 e. The molecule has 7 heteroatoms. The second-order valence-corrected chi connectivity index (χ2v) is 7.87. The van der Waals surface area contributed by atoms with Gasteiger partial charge in [-0.2, -0.15) is 11.8 Å². The fourth-order valence-electron chi connectivity index (χ4n) is 1.36. The van der Waals surface area contributed by atoms with E-state index in [4.69, 9.17) is 0 Å². The van der Waals surface area contributed by atoms with Crippen molar-refractivity contribution in [2.24, 2.45) is 0 Å². The molecule has 0 aromatic carbocycles. The van der Waals surface area contributed by atoms with Crippen molar-refractivity contribution < 1.29 is 8.42 Å². The van der Waals surface area contributed by atoms with Gasteiger partial charge >= 0.3 is 0 Å². The molecular formula is C11H20N2O2S3. The molecule has 0 fully saturated rings. The Morgan fingerprint density at radius 3 is 2.83 bits per heavy atom. The number of hydrogen-bond donors (Lipinski definition) is 1. The molecule has 0 aliphatic carbocycles. The molecule has 104 valence electrons. The maximum atomic E-state index is 12.2. The Bertz CT molecular complexity index is 457. The van der Waals surface area contributed by atoms with Gasteiger partial charge in [-0.1, -0.05) is 6.92 Å². The molecule has 0 saturated carbocycles. The van der Waals surface area contributed by atoms with Gasteiger partial charge in [-0.05, 0) is 18.9 Å². The van der Waals surface area contributed by atoms with Gasteiger partial charge < -0.3 is 5.32 Å². The van der Waals surface area contributed by atoms with Crippen LogP contribution in [-0.4, -0.2) is 44.9 Å². The number of thioether (sulfide) groups is 1. The largest absolute Gasteiger partial charge is 0.312 e. The number of hydrogen-bond acceptors (Lipinski definition) is 5. The van der Waals surface area contributed by atoms with E-state index in [2.05, 4.69) is 5.32 Å². The first kappa shape index (κ1) is 16.0. The van der Waals surface area contributed by atoms with E-state index in [1.807, 2.05) is 13.2 Å². The van der Waals surface area contributed by atoms with E-state index < -0.39 is 10.0 Å². The summed E-state index contributed by atoms with van der Waals surface area (Å²) >= 11 is 3.13. The molecule has 0 spiro atoms. The van der Waals surface area contributed by atoms with Gasteiger partial charge in [0.25, 0.3) is 0 Å². The van der Waals surface area contributed by atoms with Crippen molar-refractivity contribution in [2.75, 3.05) is 32.1 Å². The van der Waals surface area contributed by atoms with E-state index in [9.17, 15) is 8.42 Å². The number of thiophene rings is 1. The highest BCUT2D eigenvalue weighted by Crippen LogP contribution is 2.22. The first-order valence-corrected chi connectivity index (χ1v) is 9.47. The van der Waals surface area contributed by atoms with Gasteiger partial charge in [0, 0.05) is 36.1 Å². The van der Waals surface area contributed by atoms with Crippen LogP contribution in [0.25, 0.3) is 0 Å². The van der Waals surface area contributed by atoms with Crippen molar-refractivity contribution in [3.8, 4) is 0 Å². The molecule has 0 saturated heterocycles. The monoisotopic (exact) mass is 308 g/mol. The molecule has 0 amide bonds. The third-order valence-electron chi connectivity index (χ3n) is 2.50. The lowest BCUT2D eigenvalue weighted by Crippen LogP contribution is -2.28. The Hall–Kier alpha value is -0.0800. The molecule has 1 aromatic rings. The van der Waals surface area contributed by atoms with Crippen LogP contribution >= 0.6 is 23.1 Å². The van der Waals surface area contributed by atoms with Gasteiger partial charge in [-0.3, -0.25) is 0 Å². The first-order valence-electron chi connectivity index (χ1n) is 5.75. The van der Waals surface area contributed by atoms with Gasteiger partial charge in [0.15, 0.2) is 0 Å². The Morgan fingerprint density at radius 2 is 2.22 bits per heavy atom. The van der Waals surface area contributed by atoms with Crippen LogP contribution < -0.4 is 5.32 Å². The van der Waals surface area contributed by atoms with E-state index >= 15 is 0 Å². The minimum absolute atomic E-state index is 0.406. The second-order valence-electron chi connectivity index (χ2n) is 3.85. The van der Waals surface area contributed by atoms with Gasteiger partial charge in [0.2, 0.25) is 10.0 Å². The lowest BCUT2D eigenvalue weighted by molar-refractivity contribution is 0.489. The SMILES string of the molecule is CCNCc1cc(S(=O)(=O)N(C)CCSC)cs1. The first-order chi connectivity index (χ1) is 8.52. The summed E-state index contributed by atoms with van der Waals surface area (Å²) in [6.07, 6.45) is 1.97. The maximum absolute atomic E-state index is 12.2. The molecule has 0 aliphatic heterocycles. The summed E-state index contributed by atoms with van der Waals surface area (Å²) in [5.74, 6) is 0.810. The van der Waals surface area contributed by atoms with Crippen LogP contribution in [0.5, 0.6) is 0 Å². The fourth-order valence-corrected chi connectivity index (χ4v) is 4.33. The lowest BCUT2D eigenvalue weighted by Gasteiger charge is -2.15. The predicted molar refractivity (Wildman–Crippen MR) is 79.9 cm³/mol. The average molecular weight is 308 g/mol. The molecule has 0 atom stereocenters. The van der Waals surface area contributed by atoms with Crippen LogP contribution in [0.3, 0.4) is 0 Å². The van der Waals surface area contributed by atoms with Crippen LogP contribution in [-0.2, 0) is 16.6 Å².